The van der Waals surface area contributed by atoms with Crippen LogP contribution >= 0.6 is 0 Å². The Kier molecular flexibility index (Phi) is 3.32. The third kappa shape index (κ3) is 3.26. The summed E-state index contributed by atoms with van der Waals surface area (Å²) in [5.74, 6) is 0. The van der Waals surface area contributed by atoms with Crippen molar-refractivity contribution in [1.82, 2.24) is 0 Å². The summed E-state index contributed by atoms with van der Waals surface area (Å²) in [6.07, 6.45) is 1.20. The van der Waals surface area contributed by atoms with Gasteiger partial charge in [0.25, 0.3) is 0 Å². The fraction of sp³-hybridized carbons (Fsp3) is 0.750. The van der Waals surface area contributed by atoms with Gasteiger partial charge in [-0.3, -0.25) is 4.99 Å². The van der Waals surface area contributed by atoms with Gasteiger partial charge in [-0.25, -0.2) is 0 Å². The van der Waals surface area contributed by atoms with E-state index in [0.717, 1.165) is 0 Å². The van der Waals surface area contributed by atoms with Gasteiger partial charge in [-0.1, -0.05) is 0 Å². The average molecular weight is 102 g/mol. The summed E-state index contributed by atoms with van der Waals surface area (Å²) in [5.41, 5.74) is 4.90. The van der Waals surface area contributed by atoms with E-state index in [1.165, 1.54) is 6.34 Å². The highest BCUT2D eigenvalue weighted by Crippen LogP contribution is 1.81. The van der Waals surface area contributed by atoms with Crippen LogP contribution in [0.2, 0.25) is 0 Å². The summed E-state index contributed by atoms with van der Waals surface area (Å²) in [7, 11) is 0. The molecule has 0 heterocycles. The van der Waals surface area contributed by atoms with Crippen LogP contribution in [0.15, 0.2) is 4.99 Å². The molecular weight excluding hydrogens is 92.1 g/mol. The molecule has 0 aromatic carbocycles. The van der Waals surface area contributed by atoms with Crippen LogP contribution < -0.4 is 5.73 Å². The van der Waals surface area contributed by atoms with E-state index in [9.17, 15) is 0 Å². The molecule has 3 heteroatoms. The molecule has 0 rings (SSSR count). The molecule has 0 fully saturated rings. The molecule has 0 aliphatic rings. The second kappa shape index (κ2) is 3.61. The number of aliphatic hydroxyl groups excluding tert-OH is 1. The van der Waals surface area contributed by atoms with Crippen LogP contribution in [0.1, 0.15) is 6.92 Å². The number of rotatable bonds is 2. The van der Waals surface area contributed by atoms with Gasteiger partial charge in [0.2, 0.25) is 0 Å². The first kappa shape index (κ1) is 6.43. The van der Waals surface area contributed by atoms with Crippen molar-refractivity contribution in [1.29, 1.82) is 0 Å². The zero-order valence-electron chi connectivity index (χ0n) is 4.33. The van der Waals surface area contributed by atoms with Crippen LogP contribution in [0.5, 0.6) is 0 Å². The minimum absolute atomic E-state index is 0.0509. The van der Waals surface area contributed by atoms with Crippen LogP contribution in [0.3, 0.4) is 0 Å². The maximum atomic E-state index is 8.30. The van der Waals surface area contributed by atoms with Crippen molar-refractivity contribution in [2.24, 2.45) is 10.7 Å². The number of aliphatic imine (C=N–C) groups is 1. The van der Waals surface area contributed by atoms with Crippen molar-refractivity contribution >= 4 is 6.34 Å². The molecule has 0 aliphatic carbocycles. The molecule has 0 spiro atoms. The molecule has 7 heavy (non-hydrogen) atoms. The van der Waals surface area contributed by atoms with Crippen molar-refractivity contribution < 1.29 is 5.11 Å². The number of nitrogens with zero attached hydrogens (tertiary/aromatic N) is 1. The van der Waals surface area contributed by atoms with E-state index in [1.807, 2.05) is 0 Å². The Balaban J connectivity index is 3.16. The fourth-order valence-electron chi connectivity index (χ4n) is 0.194. The largest absolute Gasteiger partial charge is 0.394 e. The average Bonchev–Trinajstić information content (AvgIpc) is 1.68. The molecule has 1 atom stereocenters. The summed E-state index contributed by atoms with van der Waals surface area (Å²) in [6.45, 7) is 1.84. The van der Waals surface area contributed by atoms with Crippen LogP contribution in [-0.2, 0) is 0 Å². The lowest BCUT2D eigenvalue weighted by Crippen LogP contribution is -2.05. The molecule has 1 unspecified atom stereocenters. The number of hydrogen-bond donors (Lipinski definition) is 2. The lowest BCUT2D eigenvalue weighted by atomic mass is 10.4. The predicted octanol–water partition coefficient (Wildman–Crippen LogP) is -0.646. The van der Waals surface area contributed by atoms with Gasteiger partial charge in [0.05, 0.1) is 19.0 Å². The minimum atomic E-state index is -0.0509. The Labute approximate surface area is 42.9 Å². The molecule has 3 nitrogen and oxygen atoms in total. The molecule has 0 saturated heterocycles. The van der Waals surface area contributed by atoms with E-state index >= 15 is 0 Å². The predicted molar refractivity (Wildman–Crippen MR) is 29.2 cm³/mol. The highest BCUT2D eigenvalue weighted by Gasteiger charge is 1.88. The molecule has 0 aliphatic heterocycles. The first-order valence-electron chi connectivity index (χ1n) is 2.15. The molecule has 0 bridgehead atoms. The molecule has 0 amide bonds. The number of hydrogen-bond acceptors (Lipinski definition) is 2. The first-order valence-corrected chi connectivity index (χ1v) is 2.15. The molecule has 0 saturated carbocycles. The van der Waals surface area contributed by atoms with Gasteiger partial charge in [0.15, 0.2) is 0 Å². The van der Waals surface area contributed by atoms with Crippen molar-refractivity contribution in [3.05, 3.63) is 0 Å². The van der Waals surface area contributed by atoms with Gasteiger partial charge < -0.3 is 10.8 Å². The van der Waals surface area contributed by atoms with E-state index < -0.39 is 0 Å². The third-order valence-corrected chi connectivity index (χ3v) is 0.605. The summed E-state index contributed by atoms with van der Waals surface area (Å²) in [4.78, 5) is 3.65. The molecule has 0 radical (unpaired) electrons. The van der Waals surface area contributed by atoms with E-state index in [1.54, 1.807) is 6.92 Å². The van der Waals surface area contributed by atoms with Crippen LogP contribution in [0.4, 0.5) is 0 Å². The summed E-state index contributed by atoms with van der Waals surface area (Å²) < 4.78 is 0. The van der Waals surface area contributed by atoms with Gasteiger partial charge in [-0.05, 0) is 6.92 Å². The second-order valence-electron chi connectivity index (χ2n) is 1.33. The number of aliphatic hydroxyl groups is 1. The van der Waals surface area contributed by atoms with E-state index in [2.05, 4.69) is 4.99 Å². The lowest BCUT2D eigenvalue weighted by Gasteiger charge is -1.94. The topological polar surface area (TPSA) is 58.6 Å². The van der Waals surface area contributed by atoms with Crippen LogP contribution in [0, 0.1) is 0 Å². The van der Waals surface area contributed by atoms with Crippen molar-refractivity contribution in [2.45, 2.75) is 13.0 Å². The molecule has 0 aromatic heterocycles. The quantitative estimate of drug-likeness (QED) is 0.359. The van der Waals surface area contributed by atoms with Crippen molar-refractivity contribution in [3.8, 4) is 0 Å². The highest BCUT2D eigenvalue weighted by molar-refractivity contribution is 5.51. The highest BCUT2D eigenvalue weighted by atomic mass is 16.3. The van der Waals surface area contributed by atoms with Crippen LogP contribution in [0.25, 0.3) is 0 Å². The van der Waals surface area contributed by atoms with Gasteiger partial charge in [0.1, 0.15) is 0 Å². The summed E-state index contributed by atoms with van der Waals surface area (Å²) in [6, 6.07) is -0.0509. The Bertz CT molecular complexity index is 62.7. The van der Waals surface area contributed by atoms with Gasteiger partial charge in [-0.15, -0.1) is 0 Å². The minimum Gasteiger partial charge on any atom is -0.394 e. The smallest absolute Gasteiger partial charge is 0.0802 e. The molecular formula is C4H10N2O. The van der Waals surface area contributed by atoms with Crippen molar-refractivity contribution in [3.63, 3.8) is 0 Å². The third-order valence-electron chi connectivity index (χ3n) is 0.605. The maximum absolute atomic E-state index is 8.30. The van der Waals surface area contributed by atoms with Crippen LogP contribution in [-0.4, -0.2) is 24.1 Å². The Morgan fingerprint density at radius 1 is 2.00 bits per heavy atom. The van der Waals surface area contributed by atoms with Gasteiger partial charge in [-0.2, -0.15) is 0 Å². The maximum Gasteiger partial charge on any atom is 0.0802 e. The lowest BCUT2D eigenvalue weighted by molar-refractivity contribution is 0.275. The second-order valence-corrected chi connectivity index (χ2v) is 1.33. The summed E-state index contributed by atoms with van der Waals surface area (Å²) >= 11 is 0. The molecule has 3 N–H and O–H groups in total. The van der Waals surface area contributed by atoms with Gasteiger partial charge in [0, 0.05) is 0 Å². The first-order chi connectivity index (χ1) is 3.31. The van der Waals surface area contributed by atoms with Crippen molar-refractivity contribution in [2.75, 3.05) is 6.61 Å². The molecule has 42 valence electrons. The monoisotopic (exact) mass is 102 g/mol. The summed E-state index contributed by atoms with van der Waals surface area (Å²) in [5, 5.41) is 8.30. The normalized spacial score (nSPS) is 15.1. The number of nitrogens with two attached hydrogens (primary N) is 1. The standard InChI is InChI=1S/C4H10N2O/c1-4(2-7)6-3-5/h3-4,7H,2H2,1H3,(H2,5,6). The SMILES string of the molecule is CC(CO)N=CN. The Morgan fingerprint density at radius 2 is 2.57 bits per heavy atom. The fourth-order valence-corrected chi connectivity index (χ4v) is 0.194. The zero-order chi connectivity index (χ0) is 5.70. The van der Waals surface area contributed by atoms with E-state index in [4.69, 9.17) is 10.8 Å². The van der Waals surface area contributed by atoms with Gasteiger partial charge >= 0.3 is 0 Å². The van der Waals surface area contributed by atoms with E-state index in [0.29, 0.717) is 0 Å². The zero-order valence-corrected chi connectivity index (χ0v) is 4.33. The van der Waals surface area contributed by atoms with E-state index in [-0.39, 0.29) is 12.6 Å². The molecule has 0 aromatic rings. The Hall–Kier alpha value is -0.570. The Morgan fingerprint density at radius 3 is 2.71 bits per heavy atom.